The molecule has 1 aromatic carbocycles. The summed E-state index contributed by atoms with van der Waals surface area (Å²) in [5.74, 6) is 0. The minimum atomic E-state index is -4.57. The molecule has 0 amide bonds. The van der Waals surface area contributed by atoms with E-state index in [1.807, 2.05) is 6.92 Å². The molecule has 3 aromatic rings. The minimum Gasteiger partial charge on any atom is -0.383 e. The monoisotopic (exact) mass is 495 g/mol. The average molecular weight is 495 g/mol. The van der Waals surface area contributed by atoms with Crippen LogP contribution >= 0.6 is 0 Å². The molecule has 0 bridgehead atoms. The average Bonchev–Trinajstić information content (AvgIpc) is 3.25. The second kappa shape index (κ2) is 10.7. The first-order valence-corrected chi connectivity index (χ1v) is 10.8. The Kier molecular flexibility index (Phi) is 7.89. The summed E-state index contributed by atoms with van der Waals surface area (Å²) in [5.41, 5.74) is -3.72. The molecule has 10 nitrogen and oxygen atoms in total. The number of aromatic nitrogens is 4. The van der Waals surface area contributed by atoms with Gasteiger partial charge >= 0.3 is 23.1 Å². The van der Waals surface area contributed by atoms with Gasteiger partial charge in [0.15, 0.2) is 0 Å². The zero-order chi connectivity index (χ0) is 25.8. The fraction of sp³-hybridized carbons (Fsp3) is 0.409. The maximum atomic E-state index is 13.4. The SMILES string of the molecule is CCCCn1c(=O)c([N+](=O)[O-])c(-c2cnn(Cc3ccccc3C(F)(F)F)c2)n(CCOC)c1=O. The zero-order valence-corrected chi connectivity index (χ0v) is 19.1. The third-order valence-electron chi connectivity index (χ3n) is 5.40. The van der Waals surface area contributed by atoms with Crippen molar-refractivity contribution < 1.29 is 22.8 Å². The van der Waals surface area contributed by atoms with Gasteiger partial charge in [-0.25, -0.2) is 4.79 Å². The highest BCUT2D eigenvalue weighted by Crippen LogP contribution is 2.32. The van der Waals surface area contributed by atoms with E-state index >= 15 is 0 Å². The topological polar surface area (TPSA) is 114 Å². The van der Waals surface area contributed by atoms with Crippen LogP contribution in [0.3, 0.4) is 0 Å². The lowest BCUT2D eigenvalue weighted by Crippen LogP contribution is -2.42. The number of hydrogen-bond acceptors (Lipinski definition) is 6. The Hall–Kier alpha value is -3.74. The van der Waals surface area contributed by atoms with Crippen molar-refractivity contribution in [1.82, 2.24) is 18.9 Å². The molecule has 0 atom stereocenters. The molecule has 0 spiro atoms. The van der Waals surface area contributed by atoms with E-state index in [1.165, 1.54) is 37.7 Å². The maximum Gasteiger partial charge on any atom is 0.416 e. The highest BCUT2D eigenvalue weighted by atomic mass is 19.4. The lowest BCUT2D eigenvalue weighted by Gasteiger charge is -2.15. The molecule has 0 aliphatic carbocycles. The number of alkyl halides is 3. The van der Waals surface area contributed by atoms with Crippen LogP contribution in [0.15, 0.2) is 46.2 Å². The summed E-state index contributed by atoms with van der Waals surface area (Å²) in [6, 6.07) is 4.98. The predicted molar refractivity (Wildman–Crippen MR) is 120 cm³/mol. The van der Waals surface area contributed by atoms with Gasteiger partial charge in [-0.3, -0.25) is 28.7 Å². The molecule has 2 heterocycles. The molecule has 0 fully saturated rings. The quantitative estimate of drug-likeness (QED) is 0.315. The molecular formula is C22H24F3N5O5. The van der Waals surface area contributed by atoms with Gasteiger partial charge in [0.25, 0.3) is 0 Å². The Morgan fingerprint density at radius 2 is 1.86 bits per heavy atom. The van der Waals surface area contributed by atoms with E-state index in [2.05, 4.69) is 5.10 Å². The van der Waals surface area contributed by atoms with Crippen LogP contribution in [-0.4, -0.2) is 37.6 Å². The Bertz CT molecular complexity index is 1330. The number of methoxy groups -OCH3 is 1. The van der Waals surface area contributed by atoms with Crippen LogP contribution in [-0.2, 0) is 30.5 Å². The predicted octanol–water partition coefficient (Wildman–Crippen LogP) is 3.30. The highest BCUT2D eigenvalue weighted by Gasteiger charge is 2.33. The van der Waals surface area contributed by atoms with Gasteiger partial charge in [-0.2, -0.15) is 18.3 Å². The van der Waals surface area contributed by atoms with Gasteiger partial charge in [-0.15, -0.1) is 0 Å². The summed E-state index contributed by atoms with van der Waals surface area (Å²) in [5, 5.41) is 16.0. The van der Waals surface area contributed by atoms with Crippen molar-refractivity contribution in [3.05, 3.63) is 78.7 Å². The van der Waals surface area contributed by atoms with Gasteiger partial charge < -0.3 is 4.74 Å². The molecular weight excluding hydrogens is 471 g/mol. The molecule has 35 heavy (non-hydrogen) atoms. The Balaban J connectivity index is 2.16. The summed E-state index contributed by atoms with van der Waals surface area (Å²) in [6.07, 6.45) is -1.00. The molecule has 188 valence electrons. The summed E-state index contributed by atoms with van der Waals surface area (Å²) >= 11 is 0. The minimum absolute atomic E-state index is 0.00968. The van der Waals surface area contributed by atoms with Gasteiger partial charge in [0.1, 0.15) is 5.69 Å². The molecule has 0 unspecified atom stereocenters. The Morgan fingerprint density at radius 1 is 1.14 bits per heavy atom. The number of nitro groups is 1. The van der Waals surface area contributed by atoms with Crippen molar-refractivity contribution >= 4 is 5.69 Å². The van der Waals surface area contributed by atoms with Crippen molar-refractivity contribution in [2.24, 2.45) is 0 Å². The summed E-state index contributed by atoms with van der Waals surface area (Å²) in [7, 11) is 1.39. The van der Waals surface area contributed by atoms with Crippen LogP contribution in [0.1, 0.15) is 30.9 Å². The number of unbranched alkanes of at least 4 members (excludes halogenated alkanes) is 1. The first-order chi connectivity index (χ1) is 16.6. The number of rotatable bonds is 10. The van der Waals surface area contributed by atoms with E-state index in [0.29, 0.717) is 12.8 Å². The molecule has 0 saturated heterocycles. The third kappa shape index (κ3) is 5.50. The molecule has 0 radical (unpaired) electrons. The van der Waals surface area contributed by atoms with Crippen LogP contribution in [0.2, 0.25) is 0 Å². The van der Waals surface area contributed by atoms with Crippen molar-refractivity contribution in [2.75, 3.05) is 13.7 Å². The number of nitrogens with zero attached hydrogens (tertiary/aromatic N) is 5. The number of hydrogen-bond donors (Lipinski definition) is 0. The van der Waals surface area contributed by atoms with Gasteiger partial charge in [-0.05, 0) is 18.1 Å². The largest absolute Gasteiger partial charge is 0.416 e. The second-order valence-electron chi connectivity index (χ2n) is 7.77. The second-order valence-corrected chi connectivity index (χ2v) is 7.77. The van der Waals surface area contributed by atoms with E-state index in [4.69, 9.17) is 4.74 Å². The highest BCUT2D eigenvalue weighted by molar-refractivity contribution is 5.68. The first kappa shape index (κ1) is 25.9. The molecule has 0 aliphatic heterocycles. The summed E-state index contributed by atoms with van der Waals surface area (Å²) in [4.78, 5) is 37.1. The van der Waals surface area contributed by atoms with Crippen LogP contribution < -0.4 is 11.2 Å². The molecule has 13 heteroatoms. The molecule has 2 aromatic heterocycles. The number of benzene rings is 1. The van der Waals surface area contributed by atoms with E-state index in [0.717, 1.165) is 19.9 Å². The van der Waals surface area contributed by atoms with Gasteiger partial charge in [0.05, 0.1) is 36.4 Å². The van der Waals surface area contributed by atoms with E-state index in [1.54, 1.807) is 0 Å². The van der Waals surface area contributed by atoms with Gasteiger partial charge in [0.2, 0.25) is 0 Å². The van der Waals surface area contributed by atoms with E-state index in [9.17, 15) is 32.9 Å². The van der Waals surface area contributed by atoms with Gasteiger partial charge in [0, 0.05) is 25.4 Å². The first-order valence-electron chi connectivity index (χ1n) is 10.8. The summed E-state index contributed by atoms with van der Waals surface area (Å²) < 4.78 is 48.2. The smallest absolute Gasteiger partial charge is 0.383 e. The van der Waals surface area contributed by atoms with Crippen molar-refractivity contribution in [2.45, 2.75) is 45.6 Å². The normalized spacial score (nSPS) is 11.7. The Labute approximate surface area is 197 Å². The lowest BCUT2D eigenvalue weighted by molar-refractivity contribution is -0.386. The lowest BCUT2D eigenvalue weighted by atomic mass is 10.1. The Morgan fingerprint density at radius 3 is 2.49 bits per heavy atom. The summed E-state index contributed by atoms with van der Waals surface area (Å²) in [6.45, 7) is 1.53. The van der Waals surface area contributed by atoms with Gasteiger partial charge in [-0.1, -0.05) is 31.5 Å². The van der Waals surface area contributed by atoms with Crippen molar-refractivity contribution in [3.63, 3.8) is 0 Å². The van der Waals surface area contributed by atoms with Crippen LogP contribution in [0.25, 0.3) is 11.3 Å². The third-order valence-corrected chi connectivity index (χ3v) is 5.40. The fourth-order valence-electron chi connectivity index (χ4n) is 3.73. The number of ether oxygens (including phenoxy) is 1. The zero-order valence-electron chi connectivity index (χ0n) is 19.1. The fourth-order valence-corrected chi connectivity index (χ4v) is 3.73. The molecule has 0 saturated carbocycles. The molecule has 0 aliphatic rings. The van der Waals surface area contributed by atoms with Crippen LogP contribution in [0.4, 0.5) is 18.9 Å². The number of halogens is 3. The van der Waals surface area contributed by atoms with E-state index in [-0.39, 0.29) is 43.1 Å². The standard InChI is InChI=1S/C22H24F3N5O5/c1-3-4-9-29-20(31)19(30(33)34)18(28(21(29)32)10-11-35-2)16-12-26-27(14-16)13-15-7-5-6-8-17(15)22(23,24)25/h5-8,12,14H,3-4,9-11,13H2,1-2H3. The van der Waals surface area contributed by atoms with Crippen molar-refractivity contribution in [1.29, 1.82) is 0 Å². The van der Waals surface area contributed by atoms with Crippen molar-refractivity contribution in [3.8, 4) is 11.3 Å². The van der Waals surface area contributed by atoms with Crippen LogP contribution in [0, 0.1) is 10.1 Å². The molecule has 3 rings (SSSR count). The molecule has 0 N–H and O–H groups in total. The van der Waals surface area contributed by atoms with E-state index < -0.39 is 33.6 Å². The van der Waals surface area contributed by atoms with Crippen LogP contribution in [0.5, 0.6) is 0 Å². The maximum absolute atomic E-state index is 13.4.